The Kier molecular flexibility index (Phi) is 4.46. The number of carbonyl (C=O) groups is 1. The van der Waals surface area contributed by atoms with Crippen molar-refractivity contribution in [3.63, 3.8) is 0 Å². The van der Waals surface area contributed by atoms with Crippen LogP contribution in [0.3, 0.4) is 0 Å². The predicted molar refractivity (Wildman–Crippen MR) is 58.2 cm³/mol. The molecule has 0 aliphatic rings. The zero-order chi connectivity index (χ0) is 12.0. The molecule has 0 aliphatic heterocycles. The Labute approximate surface area is 94.1 Å². The van der Waals surface area contributed by atoms with Crippen molar-refractivity contribution < 1.29 is 9.18 Å². The normalized spacial score (nSPS) is 9.56. The van der Waals surface area contributed by atoms with Crippen molar-refractivity contribution in [2.75, 3.05) is 13.1 Å². The van der Waals surface area contributed by atoms with Crippen LogP contribution in [0.4, 0.5) is 4.39 Å². The number of rotatable bonds is 4. The third-order valence-corrected chi connectivity index (χ3v) is 2.27. The molecule has 0 unspecified atom stereocenters. The predicted octanol–water partition coefficient (Wildman–Crippen LogP) is 2.20. The average Bonchev–Trinajstić information content (AvgIpc) is 2.30. The van der Waals surface area contributed by atoms with Gasteiger partial charge in [0, 0.05) is 13.1 Å². The number of carbonyl (C=O) groups excluding carboxylic acids is 1. The molecule has 16 heavy (non-hydrogen) atoms. The van der Waals surface area contributed by atoms with E-state index in [1.165, 1.54) is 23.1 Å². The molecular formula is C12H13FN2O. The topological polar surface area (TPSA) is 44.1 Å². The second kappa shape index (κ2) is 5.86. The summed E-state index contributed by atoms with van der Waals surface area (Å²) in [6.07, 6.45) is 0.258. The summed E-state index contributed by atoms with van der Waals surface area (Å²) in [6, 6.07) is 7.83. The molecule has 1 aromatic carbocycles. The molecule has 84 valence electrons. The summed E-state index contributed by atoms with van der Waals surface area (Å²) in [5, 5.41) is 8.46. The fraction of sp³-hybridized carbons (Fsp3) is 0.333. The molecular weight excluding hydrogens is 207 g/mol. The van der Waals surface area contributed by atoms with Crippen LogP contribution < -0.4 is 0 Å². The monoisotopic (exact) mass is 220 g/mol. The van der Waals surface area contributed by atoms with Gasteiger partial charge in [0.25, 0.3) is 5.91 Å². The van der Waals surface area contributed by atoms with Gasteiger partial charge in [0.2, 0.25) is 0 Å². The Morgan fingerprint density at radius 1 is 1.50 bits per heavy atom. The van der Waals surface area contributed by atoms with E-state index >= 15 is 0 Å². The number of nitrogens with zero attached hydrogens (tertiary/aromatic N) is 2. The van der Waals surface area contributed by atoms with Gasteiger partial charge >= 0.3 is 0 Å². The molecule has 4 heteroatoms. The van der Waals surface area contributed by atoms with Crippen molar-refractivity contribution in [1.29, 1.82) is 5.26 Å². The largest absolute Gasteiger partial charge is 0.338 e. The minimum atomic E-state index is -0.525. The van der Waals surface area contributed by atoms with Gasteiger partial charge in [0.15, 0.2) is 0 Å². The van der Waals surface area contributed by atoms with E-state index in [1.54, 1.807) is 13.0 Å². The third-order valence-electron chi connectivity index (χ3n) is 2.27. The van der Waals surface area contributed by atoms with E-state index in [0.29, 0.717) is 13.1 Å². The average molecular weight is 220 g/mol. The first-order valence-corrected chi connectivity index (χ1v) is 5.11. The first-order valence-electron chi connectivity index (χ1n) is 5.11. The maximum Gasteiger partial charge on any atom is 0.256 e. The molecule has 1 amide bonds. The van der Waals surface area contributed by atoms with E-state index in [0.717, 1.165) is 0 Å². The molecule has 1 aromatic rings. The third kappa shape index (κ3) is 2.80. The van der Waals surface area contributed by atoms with Gasteiger partial charge in [-0.2, -0.15) is 5.26 Å². The second-order valence-electron chi connectivity index (χ2n) is 3.27. The number of hydrogen-bond acceptors (Lipinski definition) is 2. The molecule has 0 heterocycles. The molecule has 1 rings (SSSR count). The van der Waals surface area contributed by atoms with E-state index in [1.807, 2.05) is 6.07 Å². The number of benzene rings is 1. The molecule has 0 aliphatic carbocycles. The van der Waals surface area contributed by atoms with E-state index in [2.05, 4.69) is 0 Å². The van der Waals surface area contributed by atoms with Gasteiger partial charge in [-0.1, -0.05) is 12.1 Å². The zero-order valence-corrected chi connectivity index (χ0v) is 9.11. The molecule has 0 saturated heterocycles. The first kappa shape index (κ1) is 12.2. The zero-order valence-electron chi connectivity index (χ0n) is 9.11. The van der Waals surface area contributed by atoms with E-state index in [4.69, 9.17) is 5.26 Å². The van der Waals surface area contributed by atoms with Gasteiger partial charge in [-0.25, -0.2) is 4.39 Å². The minimum absolute atomic E-state index is 0.0577. The molecule has 0 aromatic heterocycles. The summed E-state index contributed by atoms with van der Waals surface area (Å²) in [7, 11) is 0. The highest BCUT2D eigenvalue weighted by molar-refractivity contribution is 5.94. The number of amides is 1. The summed E-state index contributed by atoms with van der Waals surface area (Å²) in [5.74, 6) is -0.890. The Morgan fingerprint density at radius 3 is 2.75 bits per heavy atom. The van der Waals surface area contributed by atoms with Crippen LogP contribution in [-0.2, 0) is 0 Å². The fourth-order valence-electron chi connectivity index (χ4n) is 1.39. The Bertz CT molecular complexity index is 412. The summed E-state index contributed by atoms with van der Waals surface area (Å²) in [4.78, 5) is 13.3. The smallest absolute Gasteiger partial charge is 0.256 e. The highest BCUT2D eigenvalue weighted by atomic mass is 19.1. The summed E-state index contributed by atoms with van der Waals surface area (Å²) < 4.78 is 13.3. The fourth-order valence-corrected chi connectivity index (χ4v) is 1.39. The van der Waals surface area contributed by atoms with Crippen LogP contribution in [0.25, 0.3) is 0 Å². The van der Waals surface area contributed by atoms with Crippen LogP contribution in [0.2, 0.25) is 0 Å². The van der Waals surface area contributed by atoms with Crippen LogP contribution in [0.1, 0.15) is 23.7 Å². The van der Waals surface area contributed by atoms with Crippen molar-refractivity contribution in [2.24, 2.45) is 0 Å². The van der Waals surface area contributed by atoms with Crippen molar-refractivity contribution >= 4 is 5.91 Å². The first-order chi connectivity index (χ1) is 7.70. The molecule has 0 bridgehead atoms. The van der Waals surface area contributed by atoms with Crippen LogP contribution in [0, 0.1) is 17.1 Å². The minimum Gasteiger partial charge on any atom is -0.338 e. The summed E-state index contributed by atoms with van der Waals surface area (Å²) in [6.45, 7) is 2.60. The standard InChI is InChI=1S/C12H13FN2O/c1-2-15(9-5-8-14)12(16)10-6-3-4-7-11(10)13/h3-4,6-7H,2,5,9H2,1H3. The van der Waals surface area contributed by atoms with Gasteiger partial charge < -0.3 is 4.90 Å². The van der Waals surface area contributed by atoms with Gasteiger partial charge in [0.05, 0.1) is 18.1 Å². The van der Waals surface area contributed by atoms with E-state index < -0.39 is 5.82 Å². The SMILES string of the molecule is CCN(CCC#N)C(=O)c1ccccc1F. The van der Waals surface area contributed by atoms with Gasteiger partial charge in [0.1, 0.15) is 5.82 Å². The van der Waals surface area contributed by atoms with Crippen molar-refractivity contribution in [3.8, 4) is 6.07 Å². The lowest BCUT2D eigenvalue weighted by Gasteiger charge is -2.19. The van der Waals surface area contributed by atoms with Crippen LogP contribution in [0.5, 0.6) is 0 Å². The van der Waals surface area contributed by atoms with Crippen molar-refractivity contribution in [1.82, 2.24) is 4.90 Å². The van der Waals surface area contributed by atoms with Gasteiger partial charge in [-0.05, 0) is 19.1 Å². The summed E-state index contributed by atoms with van der Waals surface area (Å²) >= 11 is 0. The molecule has 0 fully saturated rings. The van der Waals surface area contributed by atoms with Crippen molar-refractivity contribution in [3.05, 3.63) is 35.6 Å². The number of halogens is 1. The number of nitriles is 1. The van der Waals surface area contributed by atoms with Crippen molar-refractivity contribution in [2.45, 2.75) is 13.3 Å². The molecule has 0 N–H and O–H groups in total. The molecule has 3 nitrogen and oxygen atoms in total. The highest BCUT2D eigenvalue weighted by Gasteiger charge is 2.16. The van der Waals surface area contributed by atoms with Crippen LogP contribution >= 0.6 is 0 Å². The molecule has 0 spiro atoms. The van der Waals surface area contributed by atoms with Gasteiger partial charge in [-0.3, -0.25) is 4.79 Å². The number of hydrogen-bond donors (Lipinski definition) is 0. The van der Waals surface area contributed by atoms with E-state index in [-0.39, 0.29) is 17.9 Å². The quantitative estimate of drug-likeness (QED) is 0.780. The highest BCUT2D eigenvalue weighted by Crippen LogP contribution is 2.10. The lowest BCUT2D eigenvalue weighted by atomic mass is 10.2. The molecule has 0 saturated carbocycles. The lowest BCUT2D eigenvalue weighted by molar-refractivity contribution is 0.0763. The molecule has 0 radical (unpaired) electrons. The molecule has 0 atom stereocenters. The lowest BCUT2D eigenvalue weighted by Crippen LogP contribution is -2.32. The van der Waals surface area contributed by atoms with Gasteiger partial charge in [-0.15, -0.1) is 0 Å². The Balaban J connectivity index is 2.84. The Hall–Kier alpha value is -1.89. The maximum absolute atomic E-state index is 13.3. The van der Waals surface area contributed by atoms with Crippen LogP contribution in [-0.4, -0.2) is 23.9 Å². The van der Waals surface area contributed by atoms with E-state index in [9.17, 15) is 9.18 Å². The maximum atomic E-state index is 13.3. The Morgan fingerprint density at radius 2 is 2.19 bits per heavy atom. The van der Waals surface area contributed by atoms with Crippen LogP contribution in [0.15, 0.2) is 24.3 Å². The summed E-state index contributed by atoms with van der Waals surface area (Å²) in [5.41, 5.74) is 0.0577. The second-order valence-corrected chi connectivity index (χ2v) is 3.27.